The first-order valence-electron chi connectivity index (χ1n) is 6.65. The lowest BCUT2D eigenvalue weighted by Crippen LogP contribution is -2.46. The van der Waals surface area contributed by atoms with Gasteiger partial charge in [0.05, 0.1) is 6.42 Å². The van der Waals surface area contributed by atoms with Crippen molar-refractivity contribution in [2.75, 3.05) is 6.54 Å². The summed E-state index contributed by atoms with van der Waals surface area (Å²) in [6.45, 7) is 1.10. The third-order valence-electron chi connectivity index (χ3n) is 2.74. The van der Waals surface area contributed by atoms with E-state index >= 15 is 0 Å². The van der Waals surface area contributed by atoms with Crippen molar-refractivity contribution in [2.45, 2.75) is 19.4 Å². The summed E-state index contributed by atoms with van der Waals surface area (Å²) in [5.41, 5.74) is 0.606. The molecule has 1 aromatic carbocycles. The average molecular weight is 359 g/mol. The molecule has 0 fully saturated rings. The molecule has 0 bridgehead atoms. The maximum atomic E-state index is 11.6. The third kappa shape index (κ3) is 6.53. The normalized spacial score (nSPS) is 11.2. The molecule has 1 aromatic rings. The van der Waals surface area contributed by atoms with Gasteiger partial charge < -0.3 is 25.6 Å². The largest absolute Gasteiger partial charge is 0.481 e. The van der Waals surface area contributed by atoms with Gasteiger partial charge in [-0.3, -0.25) is 9.59 Å². The number of benzene rings is 1. The summed E-state index contributed by atoms with van der Waals surface area (Å²) in [6.07, 6.45) is -1.71. The predicted octanol–water partition coefficient (Wildman–Crippen LogP) is 0.781. The summed E-state index contributed by atoms with van der Waals surface area (Å²) in [5, 5.41) is 21.9. The molecule has 9 nitrogen and oxygen atoms in total. The second-order valence-electron chi connectivity index (χ2n) is 4.71. The highest BCUT2D eigenvalue weighted by Crippen LogP contribution is 2.21. The van der Waals surface area contributed by atoms with Crippen LogP contribution in [0, 0.1) is 6.92 Å². The van der Waals surface area contributed by atoms with Crippen LogP contribution in [0.2, 0.25) is 5.02 Å². The average Bonchev–Trinajstić information content (AvgIpc) is 2.47. The van der Waals surface area contributed by atoms with E-state index in [2.05, 4.69) is 5.32 Å². The topological polar surface area (TPSA) is 142 Å². The second kappa shape index (κ2) is 8.73. The highest BCUT2D eigenvalue weighted by molar-refractivity contribution is 6.30. The van der Waals surface area contributed by atoms with Crippen LogP contribution in [0.15, 0.2) is 18.2 Å². The van der Waals surface area contributed by atoms with Crippen molar-refractivity contribution >= 4 is 35.5 Å². The Labute approximate surface area is 141 Å². The molecule has 0 aliphatic rings. The van der Waals surface area contributed by atoms with Gasteiger partial charge in [0.25, 0.3) is 0 Å². The summed E-state index contributed by atoms with van der Waals surface area (Å²) in [4.78, 5) is 44.5. The van der Waals surface area contributed by atoms with Gasteiger partial charge >= 0.3 is 18.0 Å². The molecule has 0 unspecified atom stereocenters. The summed E-state index contributed by atoms with van der Waals surface area (Å²) >= 11 is 5.77. The number of aryl methyl sites for hydroxylation is 1. The van der Waals surface area contributed by atoms with E-state index in [1.54, 1.807) is 13.0 Å². The van der Waals surface area contributed by atoms with E-state index in [9.17, 15) is 19.2 Å². The van der Waals surface area contributed by atoms with Crippen LogP contribution in [0.25, 0.3) is 0 Å². The fourth-order valence-corrected chi connectivity index (χ4v) is 1.86. The standard InChI is InChI=1S/C14H15ClN2O7/c1-7-4-8(15)2-3-10(7)24-14(23)16-6-11(18)17-9(13(21)22)5-12(19)20/h2-4,9H,5-6H2,1H3,(H,16,23)(H,17,18)(H,19,20)(H,21,22)/t9-/m0/s1. The van der Waals surface area contributed by atoms with Gasteiger partial charge in [-0.2, -0.15) is 0 Å². The van der Waals surface area contributed by atoms with Crippen LogP contribution in [0.4, 0.5) is 4.79 Å². The number of halogens is 1. The smallest absolute Gasteiger partial charge is 0.413 e. The van der Waals surface area contributed by atoms with Gasteiger partial charge in [-0.25, -0.2) is 9.59 Å². The molecule has 24 heavy (non-hydrogen) atoms. The Morgan fingerprint density at radius 2 is 1.92 bits per heavy atom. The van der Waals surface area contributed by atoms with Gasteiger partial charge in [-0.15, -0.1) is 0 Å². The molecule has 0 saturated carbocycles. The van der Waals surface area contributed by atoms with Crippen LogP contribution in [-0.2, 0) is 14.4 Å². The molecule has 0 spiro atoms. The van der Waals surface area contributed by atoms with Gasteiger partial charge in [0.15, 0.2) is 0 Å². The number of aliphatic carboxylic acids is 2. The van der Waals surface area contributed by atoms with Crippen LogP contribution < -0.4 is 15.4 Å². The lowest BCUT2D eigenvalue weighted by Gasteiger charge is -2.13. The number of carbonyl (C=O) groups excluding carboxylic acids is 2. The Hall–Kier alpha value is -2.81. The molecule has 0 radical (unpaired) electrons. The van der Waals surface area contributed by atoms with Crippen molar-refractivity contribution in [3.8, 4) is 5.75 Å². The third-order valence-corrected chi connectivity index (χ3v) is 2.98. The van der Waals surface area contributed by atoms with E-state index in [0.29, 0.717) is 10.6 Å². The number of rotatable bonds is 7. The van der Waals surface area contributed by atoms with E-state index in [0.717, 1.165) is 0 Å². The minimum absolute atomic E-state index is 0.242. The quantitative estimate of drug-likeness (QED) is 0.564. The fraction of sp³-hybridized carbons (Fsp3) is 0.286. The Morgan fingerprint density at radius 3 is 2.46 bits per heavy atom. The molecule has 10 heteroatoms. The molecule has 0 saturated heterocycles. The number of nitrogens with one attached hydrogen (secondary N) is 2. The van der Waals surface area contributed by atoms with Crippen molar-refractivity contribution in [1.82, 2.24) is 10.6 Å². The summed E-state index contributed by atoms with van der Waals surface area (Å²) in [5.74, 6) is -3.50. The maximum Gasteiger partial charge on any atom is 0.413 e. The molecule has 0 aliphatic heterocycles. The van der Waals surface area contributed by atoms with Crippen molar-refractivity contribution in [1.29, 1.82) is 0 Å². The van der Waals surface area contributed by atoms with Crippen molar-refractivity contribution in [2.24, 2.45) is 0 Å². The van der Waals surface area contributed by atoms with Crippen molar-refractivity contribution in [3.63, 3.8) is 0 Å². The van der Waals surface area contributed by atoms with Crippen LogP contribution in [-0.4, -0.2) is 46.7 Å². The zero-order valence-electron chi connectivity index (χ0n) is 12.5. The summed E-state index contributed by atoms with van der Waals surface area (Å²) < 4.78 is 4.97. The Bertz CT molecular complexity index is 663. The minimum Gasteiger partial charge on any atom is -0.481 e. The Morgan fingerprint density at radius 1 is 1.25 bits per heavy atom. The first kappa shape index (κ1) is 19.2. The molecule has 0 aliphatic carbocycles. The van der Waals surface area contributed by atoms with E-state index < -0.39 is 42.9 Å². The van der Waals surface area contributed by atoms with E-state index in [4.69, 9.17) is 26.6 Å². The van der Waals surface area contributed by atoms with E-state index in [1.807, 2.05) is 5.32 Å². The first-order valence-corrected chi connectivity index (χ1v) is 7.02. The summed E-state index contributed by atoms with van der Waals surface area (Å²) in [7, 11) is 0. The van der Waals surface area contributed by atoms with Gasteiger partial charge in [0.2, 0.25) is 5.91 Å². The molecule has 1 rings (SSSR count). The number of amides is 2. The zero-order valence-corrected chi connectivity index (χ0v) is 13.3. The fourth-order valence-electron chi connectivity index (χ4n) is 1.64. The molecular weight excluding hydrogens is 344 g/mol. The van der Waals surface area contributed by atoms with Crippen LogP contribution >= 0.6 is 11.6 Å². The molecule has 0 aromatic heterocycles. The number of hydrogen-bond donors (Lipinski definition) is 4. The first-order chi connectivity index (χ1) is 11.2. The second-order valence-corrected chi connectivity index (χ2v) is 5.15. The maximum absolute atomic E-state index is 11.6. The van der Waals surface area contributed by atoms with E-state index in [-0.39, 0.29) is 5.75 Å². The summed E-state index contributed by atoms with van der Waals surface area (Å²) in [6, 6.07) is 2.99. The molecule has 2 amide bonds. The molecule has 1 atom stereocenters. The number of hydrogen-bond acceptors (Lipinski definition) is 5. The molecular formula is C14H15ClN2O7. The number of ether oxygens (including phenoxy) is 1. The number of carboxylic acids is 2. The lowest BCUT2D eigenvalue weighted by molar-refractivity contribution is -0.147. The zero-order chi connectivity index (χ0) is 18.3. The Balaban J connectivity index is 2.49. The number of carbonyl (C=O) groups is 4. The highest BCUT2D eigenvalue weighted by atomic mass is 35.5. The van der Waals surface area contributed by atoms with Crippen LogP contribution in [0.5, 0.6) is 5.75 Å². The van der Waals surface area contributed by atoms with Crippen molar-refractivity contribution in [3.05, 3.63) is 28.8 Å². The lowest BCUT2D eigenvalue weighted by atomic mass is 10.2. The predicted molar refractivity (Wildman–Crippen MR) is 82.0 cm³/mol. The minimum atomic E-state index is -1.59. The molecule has 130 valence electrons. The van der Waals surface area contributed by atoms with E-state index in [1.165, 1.54) is 12.1 Å². The van der Waals surface area contributed by atoms with Crippen LogP contribution in [0.3, 0.4) is 0 Å². The van der Waals surface area contributed by atoms with Crippen LogP contribution in [0.1, 0.15) is 12.0 Å². The van der Waals surface area contributed by atoms with Gasteiger partial charge in [-0.05, 0) is 30.7 Å². The monoisotopic (exact) mass is 358 g/mol. The highest BCUT2D eigenvalue weighted by Gasteiger charge is 2.23. The number of carboxylic acid groups (broad SMARTS) is 2. The van der Waals surface area contributed by atoms with Crippen molar-refractivity contribution < 1.29 is 34.1 Å². The molecule has 0 heterocycles. The van der Waals surface area contributed by atoms with Gasteiger partial charge in [0.1, 0.15) is 18.3 Å². The van der Waals surface area contributed by atoms with Gasteiger partial charge in [0, 0.05) is 5.02 Å². The Kier molecular flexibility index (Phi) is 6.99. The molecule has 4 N–H and O–H groups in total. The van der Waals surface area contributed by atoms with Gasteiger partial charge in [-0.1, -0.05) is 11.6 Å². The SMILES string of the molecule is Cc1cc(Cl)ccc1OC(=O)NCC(=O)N[C@@H](CC(=O)O)C(=O)O.